The Labute approximate surface area is 119 Å². The highest BCUT2D eigenvalue weighted by molar-refractivity contribution is 5.70. The Hall–Kier alpha value is -1.75. The van der Waals surface area contributed by atoms with Crippen LogP contribution in [-0.2, 0) is 14.3 Å². The number of hydrogen-bond acceptors (Lipinski definition) is 5. The van der Waals surface area contributed by atoms with Crippen molar-refractivity contribution < 1.29 is 19.0 Å². The summed E-state index contributed by atoms with van der Waals surface area (Å²) in [5.41, 5.74) is 1.06. The zero-order valence-corrected chi connectivity index (χ0v) is 11.8. The number of carbonyl (C=O) groups is 1. The van der Waals surface area contributed by atoms with Crippen molar-refractivity contribution in [1.29, 1.82) is 0 Å². The molecule has 0 aromatic heterocycles. The molecule has 0 bridgehead atoms. The van der Waals surface area contributed by atoms with Gasteiger partial charge in [0.05, 0.1) is 7.11 Å². The van der Waals surface area contributed by atoms with Gasteiger partial charge in [-0.2, -0.15) is 0 Å². The Morgan fingerprint density at radius 2 is 2.00 bits per heavy atom. The molecule has 0 amide bonds. The smallest absolute Gasteiger partial charge is 0.343 e. The van der Waals surface area contributed by atoms with E-state index in [-0.39, 0.29) is 12.6 Å². The lowest BCUT2D eigenvalue weighted by atomic mass is 10.0. The van der Waals surface area contributed by atoms with Gasteiger partial charge in [0.2, 0.25) is 0 Å². The van der Waals surface area contributed by atoms with Crippen LogP contribution in [0.4, 0.5) is 5.69 Å². The Kier molecular flexibility index (Phi) is 5.68. The average Bonchev–Trinajstić information content (AvgIpc) is 2.52. The highest BCUT2D eigenvalue weighted by Gasteiger charge is 2.13. The summed E-state index contributed by atoms with van der Waals surface area (Å²) in [7, 11) is 1.34. The molecule has 1 aliphatic rings. The molecule has 110 valence electrons. The van der Waals surface area contributed by atoms with Gasteiger partial charge in [0, 0.05) is 25.4 Å². The molecule has 0 aliphatic carbocycles. The number of nitrogens with one attached hydrogen (secondary N) is 1. The number of benzene rings is 1. The van der Waals surface area contributed by atoms with Gasteiger partial charge in [0.1, 0.15) is 5.75 Å². The van der Waals surface area contributed by atoms with E-state index in [0.29, 0.717) is 11.7 Å². The first-order valence-corrected chi connectivity index (χ1v) is 6.89. The summed E-state index contributed by atoms with van der Waals surface area (Å²) in [5, 5.41) is 3.41. The van der Waals surface area contributed by atoms with Gasteiger partial charge in [-0.05, 0) is 43.0 Å². The summed E-state index contributed by atoms with van der Waals surface area (Å²) >= 11 is 0. The summed E-state index contributed by atoms with van der Waals surface area (Å²) in [4.78, 5) is 11.0. The predicted octanol–water partition coefficient (Wildman–Crippen LogP) is 2.08. The number of esters is 1. The van der Waals surface area contributed by atoms with Gasteiger partial charge in [-0.15, -0.1) is 0 Å². The third kappa shape index (κ3) is 4.74. The fraction of sp³-hybridized carbons (Fsp3) is 0.533. The van der Waals surface area contributed by atoms with Crippen LogP contribution in [0.25, 0.3) is 0 Å². The Morgan fingerprint density at radius 1 is 1.30 bits per heavy atom. The fourth-order valence-electron chi connectivity index (χ4n) is 2.08. The molecular weight excluding hydrogens is 258 g/mol. The van der Waals surface area contributed by atoms with E-state index in [1.54, 1.807) is 0 Å². The summed E-state index contributed by atoms with van der Waals surface area (Å²) in [6.45, 7) is 2.64. The van der Waals surface area contributed by atoms with Crippen LogP contribution in [0.2, 0.25) is 0 Å². The molecule has 1 aromatic carbocycles. The minimum atomic E-state index is -0.383. The van der Waals surface area contributed by atoms with Crippen molar-refractivity contribution in [3.63, 3.8) is 0 Å². The first-order chi connectivity index (χ1) is 9.78. The van der Waals surface area contributed by atoms with E-state index in [4.69, 9.17) is 9.47 Å². The van der Waals surface area contributed by atoms with Crippen LogP contribution in [0.3, 0.4) is 0 Å². The van der Waals surface area contributed by atoms with Gasteiger partial charge >= 0.3 is 5.97 Å². The minimum absolute atomic E-state index is 0.0641. The van der Waals surface area contributed by atoms with Crippen molar-refractivity contribution in [1.82, 2.24) is 0 Å². The van der Waals surface area contributed by atoms with Crippen LogP contribution in [0.15, 0.2) is 24.3 Å². The Balaban J connectivity index is 1.74. The first kappa shape index (κ1) is 14.7. The molecule has 0 unspecified atom stereocenters. The van der Waals surface area contributed by atoms with Crippen LogP contribution < -0.4 is 10.1 Å². The zero-order valence-electron chi connectivity index (χ0n) is 11.8. The van der Waals surface area contributed by atoms with Crippen LogP contribution in [0.5, 0.6) is 5.75 Å². The number of hydrogen-bond donors (Lipinski definition) is 1. The van der Waals surface area contributed by atoms with Gasteiger partial charge in [-0.25, -0.2) is 4.79 Å². The third-order valence-electron chi connectivity index (χ3n) is 3.37. The van der Waals surface area contributed by atoms with E-state index in [1.807, 2.05) is 24.3 Å². The predicted molar refractivity (Wildman–Crippen MR) is 76.0 cm³/mol. The molecule has 2 rings (SSSR count). The van der Waals surface area contributed by atoms with Crippen molar-refractivity contribution in [3.8, 4) is 5.75 Å². The lowest BCUT2D eigenvalue weighted by molar-refractivity contribution is -0.142. The lowest BCUT2D eigenvalue weighted by Crippen LogP contribution is -2.22. The normalized spacial score (nSPS) is 15.7. The molecular formula is C15H21NO4. The molecule has 1 aliphatic heterocycles. The molecule has 5 heteroatoms. The quantitative estimate of drug-likeness (QED) is 0.808. The minimum Gasteiger partial charge on any atom is -0.482 e. The van der Waals surface area contributed by atoms with Crippen molar-refractivity contribution in [3.05, 3.63) is 24.3 Å². The third-order valence-corrected chi connectivity index (χ3v) is 3.37. The highest BCUT2D eigenvalue weighted by atomic mass is 16.6. The van der Waals surface area contributed by atoms with E-state index in [0.717, 1.165) is 38.3 Å². The maximum Gasteiger partial charge on any atom is 0.343 e. The lowest BCUT2D eigenvalue weighted by Gasteiger charge is -2.22. The molecule has 1 saturated heterocycles. The number of ether oxygens (including phenoxy) is 3. The summed E-state index contributed by atoms with van der Waals surface area (Å²) in [6.07, 6.45) is 2.24. The van der Waals surface area contributed by atoms with E-state index in [2.05, 4.69) is 10.1 Å². The average molecular weight is 279 g/mol. The molecule has 1 aromatic rings. The maximum absolute atomic E-state index is 11.0. The molecule has 20 heavy (non-hydrogen) atoms. The van der Waals surface area contributed by atoms with E-state index in [9.17, 15) is 4.79 Å². The second-order valence-corrected chi connectivity index (χ2v) is 4.83. The molecule has 1 N–H and O–H groups in total. The standard InChI is InChI=1S/C15H21NO4/c1-18-15(17)11-20-14-4-2-13(3-5-14)16-10-12-6-8-19-9-7-12/h2-5,12,16H,6-11H2,1H3. The molecule has 5 nitrogen and oxygen atoms in total. The van der Waals surface area contributed by atoms with E-state index >= 15 is 0 Å². The fourth-order valence-corrected chi connectivity index (χ4v) is 2.08. The van der Waals surface area contributed by atoms with E-state index in [1.165, 1.54) is 7.11 Å². The first-order valence-electron chi connectivity index (χ1n) is 6.89. The second kappa shape index (κ2) is 7.75. The van der Waals surface area contributed by atoms with Crippen LogP contribution in [0.1, 0.15) is 12.8 Å². The Morgan fingerprint density at radius 3 is 2.65 bits per heavy atom. The van der Waals surface area contributed by atoms with Crippen LogP contribution in [0, 0.1) is 5.92 Å². The van der Waals surface area contributed by atoms with Crippen molar-refractivity contribution in [2.24, 2.45) is 5.92 Å². The number of rotatable bonds is 6. The molecule has 0 radical (unpaired) electrons. The number of anilines is 1. The molecule has 1 fully saturated rings. The SMILES string of the molecule is COC(=O)COc1ccc(NCC2CCOCC2)cc1. The molecule has 0 spiro atoms. The van der Waals surface area contributed by atoms with Crippen molar-refractivity contribution >= 4 is 11.7 Å². The summed E-state index contributed by atoms with van der Waals surface area (Å²) in [5.74, 6) is 0.956. The topological polar surface area (TPSA) is 56.8 Å². The Bertz CT molecular complexity index is 412. The number of methoxy groups -OCH3 is 1. The summed E-state index contributed by atoms with van der Waals surface area (Å²) in [6, 6.07) is 7.59. The van der Waals surface area contributed by atoms with Gasteiger partial charge in [0.15, 0.2) is 6.61 Å². The maximum atomic E-state index is 11.0. The monoisotopic (exact) mass is 279 g/mol. The van der Waals surface area contributed by atoms with Crippen LogP contribution >= 0.6 is 0 Å². The second-order valence-electron chi connectivity index (χ2n) is 4.83. The molecule has 0 atom stereocenters. The van der Waals surface area contributed by atoms with Gasteiger partial charge in [0.25, 0.3) is 0 Å². The van der Waals surface area contributed by atoms with Gasteiger partial charge < -0.3 is 19.5 Å². The molecule has 1 heterocycles. The van der Waals surface area contributed by atoms with Crippen LogP contribution in [-0.4, -0.2) is 39.4 Å². The largest absolute Gasteiger partial charge is 0.482 e. The highest BCUT2D eigenvalue weighted by Crippen LogP contribution is 2.18. The molecule has 0 saturated carbocycles. The van der Waals surface area contributed by atoms with Gasteiger partial charge in [-0.1, -0.05) is 0 Å². The van der Waals surface area contributed by atoms with Crippen molar-refractivity contribution in [2.45, 2.75) is 12.8 Å². The zero-order chi connectivity index (χ0) is 14.2. The van der Waals surface area contributed by atoms with Crippen molar-refractivity contribution in [2.75, 3.05) is 38.8 Å². The van der Waals surface area contributed by atoms with Gasteiger partial charge in [-0.3, -0.25) is 0 Å². The summed E-state index contributed by atoms with van der Waals surface area (Å²) < 4.78 is 15.1. The number of carbonyl (C=O) groups excluding carboxylic acids is 1. The van der Waals surface area contributed by atoms with E-state index < -0.39 is 0 Å².